The first-order valence-corrected chi connectivity index (χ1v) is 8.14. The smallest absolute Gasteiger partial charge is 0.353 e. The van der Waals surface area contributed by atoms with Crippen LogP contribution in [0.1, 0.15) is 20.7 Å². The average Bonchev–Trinajstić information content (AvgIpc) is 3.30. The second-order valence-electron chi connectivity index (χ2n) is 5.12. The molecule has 25 heavy (non-hydrogen) atoms. The molecule has 3 rings (SSSR count). The highest BCUT2D eigenvalue weighted by Crippen LogP contribution is 2.39. The zero-order chi connectivity index (χ0) is 18.2. The van der Waals surface area contributed by atoms with Crippen molar-refractivity contribution in [2.24, 2.45) is 4.99 Å². The summed E-state index contributed by atoms with van der Waals surface area (Å²) in [5.41, 5.74) is 0.227. The second-order valence-corrected chi connectivity index (χ2v) is 6.67. The molecule has 0 fully saturated rings. The van der Waals surface area contributed by atoms with Crippen LogP contribution in [-0.2, 0) is 4.79 Å². The normalized spacial score (nSPS) is 18.2. The fraction of sp³-hybridized carbons (Fsp3) is 0.0588. The number of carboxylic acid groups (broad SMARTS) is 1. The fourth-order valence-corrected chi connectivity index (χ4v) is 2.92. The van der Waals surface area contributed by atoms with Crippen molar-refractivity contribution >= 4 is 51.0 Å². The number of ketones is 1. The van der Waals surface area contributed by atoms with Crippen LogP contribution in [0.25, 0.3) is 0 Å². The third-order valence-corrected chi connectivity index (χ3v) is 4.65. The monoisotopic (exact) mass is 421 g/mol. The lowest BCUT2D eigenvalue weighted by atomic mass is 10.1. The number of rotatable bonds is 5. The molecule has 1 heterocycles. The lowest BCUT2D eigenvalue weighted by Crippen LogP contribution is -2.27. The Morgan fingerprint density at radius 2 is 1.76 bits per heavy atom. The molecule has 0 saturated carbocycles. The highest BCUT2D eigenvalue weighted by atomic mass is 79.9. The number of halogens is 2. The van der Waals surface area contributed by atoms with Gasteiger partial charge in [-0.25, -0.2) is 14.6 Å². The topological polar surface area (TPSA) is 93.0 Å². The Labute approximate surface area is 155 Å². The van der Waals surface area contributed by atoms with Crippen molar-refractivity contribution in [1.82, 2.24) is 0 Å². The zero-order valence-electron chi connectivity index (χ0n) is 12.4. The van der Waals surface area contributed by atoms with Gasteiger partial charge in [-0.3, -0.25) is 4.79 Å². The number of hydrogen-bond acceptors (Lipinski definition) is 5. The first-order valence-electron chi connectivity index (χ1n) is 6.97. The van der Waals surface area contributed by atoms with Gasteiger partial charge in [-0.2, -0.15) is 0 Å². The van der Waals surface area contributed by atoms with E-state index in [1.54, 1.807) is 30.3 Å². The molecular weight excluding hydrogens is 414 g/mol. The molecule has 126 valence electrons. The number of carbonyl (C=O) groups excluding carboxylic acids is 2. The van der Waals surface area contributed by atoms with Crippen LogP contribution in [0.5, 0.6) is 5.75 Å². The molecule has 1 aliphatic heterocycles. The van der Waals surface area contributed by atoms with Gasteiger partial charge in [0.15, 0.2) is 5.71 Å². The molecule has 0 saturated heterocycles. The number of alkyl halides is 1. The largest absolute Gasteiger partial charge is 0.477 e. The number of nitrogens with zero attached hydrogens (tertiary/aromatic N) is 1. The molecule has 0 bridgehead atoms. The van der Waals surface area contributed by atoms with E-state index in [2.05, 4.69) is 20.9 Å². The minimum absolute atomic E-state index is 0.0451. The SMILES string of the molecule is O=C(O)C1=NC1(Br)C(=O)c1ccc(OC(=O)c2ccccc2)c(Cl)c1. The number of esters is 1. The molecule has 0 spiro atoms. The van der Waals surface area contributed by atoms with E-state index in [9.17, 15) is 14.4 Å². The van der Waals surface area contributed by atoms with Gasteiger partial charge in [0.05, 0.1) is 10.6 Å². The summed E-state index contributed by atoms with van der Waals surface area (Å²) in [6.07, 6.45) is 0. The molecule has 2 aromatic carbocycles. The summed E-state index contributed by atoms with van der Waals surface area (Å²) in [6, 6.07) is 12.4. The summed E-state index contributed by atoms with van der Waals surface area (Å²) in [6.45, 7) is 0. The van der Waals surface area contributed by atoms with Gasteiger partial charge in [-0.05, 0) is 46.3 Å². The Kier molecular flexibility index (Phi) is 4.45. The van der Waals surface area contributed by atoms with Crippen LogP contribution in [0.4, 0.5) is 0 Å². The van der Waals surface area contributed by atoms with Crippen molar-refractivity contribution in [1.29, 1.82) is 0 Å². The summed E-state index contributed by atoms with van der Waals surface area (Å²) in [5, 5.41) is 8.94. The maximum absolute atomic E-state index is 12.4. The van der Waals surface area contributed by atoms with Crippen LogP contribution >= 0.6 is 27.5 Å². The molecule has 0 radical (unpaired) electrons. The Balaban J connectivity index is 1.77. The number of hydrogen-bond donors (Lipinski definition) is 1. The van der Waals surface area contributed by atoms with Crippen molar-refractivity contribution in [2.75, 3.05) is 0 Å². The fourth-order valence-electron chi connectivity index (χ4n) is 2.12. The lowest BCUT2D eigenvalue weighted by molar-refractivity contribution is -0.129. The maximum atomic E-state index is 12.4. The molecule has 0 aliphatic carbocycles. The van der Waals surface area contributed by atoms with E-state index in [4.69, 9.17) is 21.4 Å². The summed E-state index contributed by atoms with van der Waals surface area (Å²) < 4.78 is 3.66. The second kappa shape index (κ2) is 6.42. The Morgan fingerprint density at radius 3 is 2.32 bits per heavy atom. The van der Waals surface area contributed by atoms with Gasteiger partial charge < -0.3 is 9.84 Å². The molecule has 0 aromatic heterocycles. The van der Waals surface area contributed by atoms with Crippen molar-refractivity contribution < 1.29 is 24.2 Å². The first kappa shape index (κ1) is 17.3. The van der Waals surface area contributed by atoms with Crippen LogP contribution in [0.15, 0.2) is 53.5 Å². The minimum atomic E-state index is -1.55. The van der Waals surface area contributed by atoms with E-state index in [-0.39, 0.29) is 22.0 Å². The van der Waals surface area contributed by atoms with Gasteiger partial charge in [0.2, 0.25) is 10.2 Å². The number of ether oxygens (including phenoxy) is 1. The summed E-state index contributed by atoms with van der Waals surface area (Å²) in [7, 11) is 0. The molecule has 1 unspecified atom stereocenters. The number of Topliss-reactive ketones (excluding diaryl/α,β-unsaturated/α-hetero) is 1. The number of aliphatic imine (C=N–C) groups is 1. The van der Waals surface area contributed by atoms with Crippen molar-refractivity contribution in [3.05, 3.63) is 64.7 Å². The zero-order valence-corrected chi connectivity index (χ0v) is 14.7. The molecular formula is C17H9BrClNO5. The van der Waals surface area contributed by atoms with Crippen LogP contribution in [0, 0.1) is 0 Å². The van der Waals surface area contributed by atoms with Crippen LogP contribution in [0.3, 0.4) is 0 Å². The van der Waals surface area contributed by atoms with Gasteiger partial charge >= 0.3 is 11.9 Å². The van der Waals surface area contributed by atoms with Crippen LogP contribution in [-0.4, -0.2) is 33.0 Å². The molecule has 6 nitrogen and oxygen atoms in total. The van der Waals surface area contributed by atoms with Crippen molar-refractivity contribution in [3.8, 4) is 5.75 Å². The Bertz CT molecular complexity index is 928. The third kappa shape index (κ3) is 3.33. The highest BCUT2D eigenvalue weighted by molar-refractivity contribution is 9.10. The van der Waals surface area contributed by atoms with Gasteiger partial charge in [0.1, 0.15) is 5.75 Å². The molecule has 0 amide bonds. The van der Waals surface area contributed by atoms with Gasteiger partial charge in [-0.15, -0.1) is 0 Å². The van der Waals surface area contributed by atoms with E-state index in [0.717, 1.165) is 0 Å². The molecule has 1 atom stereocenters. The minimum Gasteiger partial charge on any atom is -0.477 e. The summed E-state index contributed by atoms with van der Waals surface area (Å²) in [5.74, 6) is -2.33. The van der Waals surface area contributed by atoms with Gasteiger partial charge in [0, 0.05) is 5.56 Å². The van der Waals surface area contributed by atoms with E-state index >= 15 is 0 Å². The number of carbonyl (C=O) groups is 3. The Morgan fingerprint density at radius 1 is 1.08 bits per heavy atom. The average molecular weight is 423 g/mol. The first-order chi connectivity index (χ1) is 11.8. The van der Waals surface area contributed by atoms with Gasteiger partial charge in [-0.1, -0.05) is 29.8 Å². The van der Waals surface area contributed by atoms with E-state index in [1.807, 2.05) is 0 Å². The third-order valence-electron chi connectivity index (χ3n) is 3.44. The van der Waals surface area contributed by atoms with Crippen LogP contribution in [0.2, 0.25) is 5.02 Å². The number of aliphatic carboxylic acids is 1. The Hall–Kier alpha value is -2.51. The molecule has 8 heteroatoms. The number of benzene rings is 2. The van der Waals surface area contributed by atoms with E-state index in [1.165, 1.54) is 18.2 Å². The highest BCUT2D eigenvalue weighted by Gasteiger charge is 2.56. The quantitative estimate of drug-likeness (QED) is 0.262. The van der Waals surface area contributed by atoms with Gasteiger partial charge in [0.25, 0.3) is 0 Å². The summed E-state index contributed by atoms with van der Waals surface area (Å²) >= 11 is 9.09. The molecule has 1 aliphatic rings. The van der Waals surface area contributed by atoms with E-state index in [0.29, 0.717) is 5.56 Å². The number of carboxylic acids is 1. The summed E-state index contributed by atoms with van der Waals surface area (Å²) in [4.78, 5) is 38.9. The van der Waals surface area contributed by atoms with E-state index < -0.39 is 22.2 Å². The standard InChI is InChI=1S/C17H9BrClNO5/c18-17(13(20-17)15(22)23)14(21)10-6-7-12(11(19)8-10)25-16(24)9-4-2-1-3-5-9/h1-8H,(H,22,23). The molecule has 1 N–H and O–H groups in total. The lowest BCUT2D eigenvalue weighted by Gasteiger charge is -2.09. The van der Waals surface area contributed by atoms with Crippen molar-refractivity contribution in [2.45, 2.75) is 4.45 Å². The van der Waals surface area contributed by atoms with Crippen molar-refractivity contribution in [3.63, 3.8) is 0 Å². The predicted molar refractivity (Wildman–Crippen MR) is 93.9 cm³/mol. The molecule has 2 aromatic rings. The van der Waals surface area contributed by atoms with Crippen LogP contribution < -0.4 is 4.74 Å². The maximum Gasteiger partial charge on any atom is 0.353 e. The predicted octanol–water partition coefficient (Wildman–Crippen LogP) is 3.37.